The van der Waals surface area contributed by atoms with Gasteiger partial charge in [0, 0.05) is 77.0 Å². The van der Waals surface area contributed by atoms with Gasteiger partial charge in [0.15, 0.2) is 0 Å². The highest BCUT2D eigenvalue weighted by Gasteiger charge is 2.26. The van der Waals surface area contributed by atoms with Gasteiger partial charge in [-0.2, -0.15) is 0 Å². The zero-order chi connectivity index (χ0) is 20.3. The van der Waals surface area contributed by atoms with E-state index in [0.29, 0.717) is 38.6 Å². The number of hydrogen-bond donors (Lipinski definition) is 0. The molecule has 2 fully saturated rings. The lowest BCUT2D eigenvalue weighted by molar-refractivity contribution is -0.139. The average Bonchev–Trinajstić information content (AvgIpc) is 2.68. The lowest BCUT2D eigenvalue weighted by atomic mass is 10.2. The maximum atomic E-state index is 12.6. The van der Waals surface area contributed by atoms with E-state index in [0.717, 1.165) is 43.5 Å². The first kappa shape index (κ1) is 20.5. The van der Waals surface area contributed by atoms with Gasteiger partial charge in [0.25, 0.3) is 0 Å². The molecule has 0 saturated carbocycles. The number of aryl methyl sites for hydroxylation is 1. The standard InChI is InChI=1S/C20H32N6O2/c1-15(2)20-21-16(3)13-18(22-20)25-7-5-23(6-8-25)14-19(28)26-11-9-24(10-12-26)17(4)27/h13,15H,5-12,14H2,1-4H3. The van der Waals surface area contributed by atoms with Crippen LogP contribution in [0.3, 0.4) is 0 Å². The van der Waals surface area contributed by atoms with Gasteiger partial charge in [0.1, 0.15) is 11.6 Å². The summed E-state index contributed by atoms with van der Waals surface area (Å²) in [5, 5.41) is 0. The predicted molar refractivity (Wildman–Crippen MR) is 108 cm³/mol. The van der Waals surface area contributed by atoms with Gasteiger partial charge < -0.3 is 14.7 Å². The SMILES string of the molecule is CC(=O)N1CCN(C(=O)CN2CCN(c3cc(C)nc(C(C)C)n3)CC2)CC1. The molecule has 1 aromatic heterocycles. The Hall–Kier alpha value is -2.22. The van der Waals surface area contributed by atoms with Crippen molar-refractivity contribution in [1.82, 2.24) is 24.7 Å². The number of amides is 2. The fourth-order valence-electron chi connectivity index (χ4n) is 3.69. The molecule has 3 heterocycles. The van der Waals surface area contributed by atoms with Crippen molar-refractivity contribution in [2.45, 2.75) is 33.6 Å². The second-order valence-electron chi connectivity index (χ2n) is 8.03. The van der Waals surface area contributed by atoms with Gasteiger partial charge in [0.2, 0.25) is 11.8 Å². The molecular weight excluding hydrogens is 356 g/mol. The highest BCUT2D eigenvalue weighted by Crippen LogP contribution is 2.18. The van der Waals surface area contributed by atoms with Gasteiger partial charge in [-0.3, -0.25) is 14.5 Å². The first-order valence-corrected chi connectivity index (χ1v) is 10.2. The van der Waals surface area contributed by atoms with Gasteiger partial charge >= 0.3 is 0 Å². The fraction of sp³-hybridized carbons (Fsp3) is 0.700. The molecule has 3 rings (SSSR count). The number of hydrogen-bond acceptors (Lipinski definition) is 6. The molecule has 8 nitrogen and oxygen atoms in total. The Morgan fingerprint density at radius 3 is 2.14 bits per heavy atom. The molecule has 8 heteroatoms. The molecule has 0 atom stereocenters. The summed E-state index contributed by atoms with van der Waals surface area (Å²) in [7, 11) is 0. The first-order valence-electron chi connectivity index (χ1n) is 10.2. The maximum Gasteiger partial charge on any atom is 0.236 e. The smallest absolute Gasteiger partial charge is 0.236 e. The first-order chi connectivity index (χ1) is 13.3. The lowest BCUT2D eigenvalue weighted by Gasteiger charge is -2.38. The summed E-state index contributed by atoms with van der Waals surface area (Å²) < 4.78 is 0. The highest BCUT2D eigenvalue weighted by molar-refractivity contribution is 5.79. The van der Waals surface area contributed by atoms with E-state index >= 15 is 0 Å². The number of carbonyl (C=O) groups excluding carboxylic acids is 2. The van der Waals surface area contributed by atoms with Gasteiger partial charge in [-0.25, -0.2) is 9.97 Å². The van der Waals surface area contributed by atoms with Crippen LogP contribution in [-0.4, -0.2) is 95.4 Å². The zero-order valence-electron chi connectivity index (χ0n) is 17.5. The van der Waals surface area contributed by atoms with Crippen LogP contribution in [0.15, 0.2) is 6.07 Å². The molecule has 0 radical (unpaired) electrons. The van der Waals surface area contributed by atoms with Crippen LogP contribution in [0.1, 0.15) is 38.2 Å². The van der Waals surface area contributed by atoms with Crippen molar-refractivity contribution in [2.75, 3.05) is 63.8 Å². The summed E-state index contributed by atoms with van der Waals surface area (Å²) in [6, 6.07) is 2.04. The minimum Gasteiger partial charge on any atom is -0.354 e. The second kappa shape index (κ2) is 8.86. The number of nitrogens with zero attached hydrogens (tertiary/aromatic N) is 6. The molecule has 1 aromatic rings. The van der Waals surface area contributed by atoms with Gasteiger partial charge in [-0.1, -0.05) is 13.8 Å². The normalized spacial score (nSPS) is 18.7. The number of aromatic nitrogens is 2. The molecule has 2 aliphatic heterocycles. The van der Waals surface area contributed by atoms with Crippen LogP contribution in [0.25, 0.3) is 0 Å². The van der Waals surface area contributed by atoms with E-state index in [9.17, 15) is 9.59 Å². The van der Waals surface area contributed by atoms with E-state index < -0.39 is 0 Å². The zero-order valence-corrected chi connectivity index (χ0v) is 17.5. The molecule has 2 aliphatic rings. The van der Waals surface area contributed by atoms with E-state index in [-0.39, 0.29) is 11.8 Å². The van der Waals surface area contributed by atoms with E-state index in [1.54, 1.807) is 11.8 Å². The molecule has 2 amide bonds. The van der Waals surface area contributed by atoms with Gasteiger partial charge in [0.05, 0.1) is 6.54 Å². The third-order valence-electron chi connectivity index (χ3n) is 5.51. The van der Waals surface area contributed by atoms with Crippen molar-refractivity contribution >= 4 is 17.6 Å². The molecule has 0 aromatic carbocycles. The van der Waals surface area contributed by atoms with Crippen LogP contribution >= 0.6 is 0 Å². The Morgan fingerprint density at radius 1 is 0.964 bits per heavy atom. The third kappa shape index (κ3) is 4.98. The average molecular weight is 389 g/mol. The van der Waals surface area contributed by atoms with Crippen molar-refractivity contribution in [2.24, 2.45) is 0 Å². The summed E-state index contributed by atoms with van der Waals surface area (Å²) in [6.45, 7) is 14.2. The van der Waals surface area contributed by atoms with Crippen molar-refractivity contribution in [3.05, 3.63) is 17.6 Å². The summed E-state index contributed by atoms with van der Waals surface area (Å²) in [5.41, 5.74) is 0.996. The molecular formula is C20H32N6O2. The van der Waals surface area contributed by atoms with Crippen LogP contribution in [0.5, 0.6) is 0 Å². The molecule has 0 spiro atoms. The summed E-state index contributed by atoms with van der Waals surface area (Å²) in [6.07, 6.45) is 0. The van der Waals surface area contributed by atoms with Crippen LogP contribution in [0, 0.1) is 6.92 Å². The van der Waals surface area contributed by atoms with Crippen LogP contribution < -0.4 is 4.90 Å². The minimum absolute atomic E-state index is 0.0869. The molecule has 0 bridgehead atoms. The van der Waals surface area contributed by atoms with Crippen LogP contribution in [-0.2, 0) is 9.59 Å². The summed E-state index contributed by atoms with van der Waals surface area (Å²) in [5.74, 6) is 2.43. The monoisotopic (exact) mass is 388 g/mol. The molecule has 0 aliphatic carbocycles. The summed E-state index contributed by atoms with van der Waals surface area (Å²) >= 11 is 0. The Bertz CT molecular complexity index is 707. The second-order valence-corrected chi connectivity index (χ2v) is 8.03. The van der Waals surface area contributed by atoms with Crippen molar-refractivity contribution in [1.29, 1.82) is 0 Å². The third-order valence-corrected chi connectivity index (χ3v) is 5.51. The maximum absolute atomic E-state index is 12.6. The minimum atomic E-state index is 0.0869. The summed E-state index contributed by atoms with van der Waals surface area (Å²) in [4.78, 5) is 41.5. The van der Waals surface area contributed by atoms with Gasteiger partial charge in [-0.15, -0.1) is 0 Å². The fourth-order valence-corrected chi connectivity index (χ4v) is 3.69. The number of anilines is 1. The topological polar surface area (TPSA) is 72.9 Å². The van der Waals surface area contributed by atoms with E-state index in [2.05, 4.69) is 28.6 Å². The molecule has 154 valence electrons. The Kier molecular flexibility index (Phi) is 6.49. The van der Waals surface area contributed by atoms with E-state index in [1.165, 1.54) is 0 Å². The van der Waals surface area contributed by atoms with Crippen molar-refractivity contribution in [3.8, 4) is 0 Å². The lowest BCUT2D eigenvalue weighted by Crippen LogP contribution is -2.54. The van der Waals surface area contributed by atoms with Crippen LogP contribution in [0.4, 0.5) is 5.82 Å². The van der Waals surface area contributed by atoms with Crippen molar-refractivity contribution < 1.29 is 9.59 Å². The van der Waals surface area contributed by atoms with E-state index in [1.807, 2.05) is 17.9 Å². The highest BCUT2D eigenvalue weighted by atomic mass is 16.2. The van der Waals surface area contributed by atoms with Crippen LogP contribution in [0.2, 0.25) is 0 Å². The number of carbonyl (C=O) groups is 2. The Labute approximate surface area is 167 Å². The van der Waals surface area contributed by atoms with Crippen molar-refractivity contribution in [3.63, 3.8) is 0 Å². The molecule has 28 heavy (non-hydrogen) atoms. The number of rotatable bonds is 4. The predicted octanol–water partition coefficient (Wildman–Crippen LogP) is 0.721. The Morgan fingerprint density at radius 2 is 1.57 bits per heavy atom. The number of piperazine rings is 2. The van der Waals surface area contributed by atoms with Gasteiger partial charge in [-0.05, 0) is 6.92 Å². The molecule has 0 N–H and O–H groups in total. The Balaban J connectivity index is 1.49. The largest absolute Gasteiger partial charge is 0.354 e. The van der Waals surface area contributed by atoms with E-state index in [4.69, 9.17) is 4.98 Å². The molecule has 0 unspecified atom stereocenters. The quantitative estimate of drug-likeness (QED) is 0.757. The molecule has 2 saturated heterocycles.